The van der Waals surface area contributed by atoms with Crippen molar-refractivity contribution in [3.05, 3.63) is 29.6 Å². The molecule has 1 amide bonds. The number of H-pyrrole nitrogens is 1. The fourth-order valence-corrected chi connectivity index (χ4v) is 2.65. The van der Waals surface area contributed by atoms with Crippen molar-refractivity contribution in [3.8, 4) is 11.5 Å². The number of nitrogens with one attached hydrogen (secondary N) is 2. The molecule has 3 rings (SSSR count). The lowest BCUT2D eigenvalue weighted by Crippen LogP contribution is -2.24. The Labute approximate surface area is 138 Å². The van der Waals surface area contributed by atoms with Crippen molar-refractivity contribution in [3.63, 3.8) is 0 Å². The molecule has 0 saturated heterocycles. The lowest BCUT2D eigenvalue weighted by molar-refractivity contribution is -0.118. The fraction of sp³-hybridized carbons (Fsp3) is 0.400. The molecule has 1 aliphatic rings. The zero-order valence-corrected chi connectivity index (χ0v) is 13.8. The van der Waals surface area contributed by atoms with E-state index in [9.17, 15) is 4.79 Å². The Bertz CT molecular complexity index is 702. The van der Waals surface area contributed by atoms with Crippen molar-refractivity contribution < 1.29 is 14.3 Å². The summed E-state index contributed by atoms with van der Waals surface area (Å²) < 4.78 is 10.6. The van der Waals surface area contributed by atoms with Crippen molar-refractivity contribution in [2.45, 2.75) is 31.5 Å². The summed E-state index contributed by atoms with van der Waals surface area (Å²) in [5, 5.41) is 10.4. The Hall–Kier alpha value is -2.22. The maximum Gasteiger partial charge on any atom is 0.231 e. The van der Waals surface area contributed by atoms with Gasteiger partial charge in [-0.15, -0.1) is 5.10 Å². The normalized spacial score (nSPS) is 12.7. The Morgan fingerprint density at radius 1 is 1.39 bits per heavy atom. The van der Waals surface area contributed by atoms with Gasteiger partial charge in [0.1, 0.15) is 5.82 Å². The van der Waals surface area contributed by atoms with Crippen LogP contribution >= 0.6 is 11.8 Å². The zero-order valence-electron chi connectivity index (χ0n) is 13.0. The number of carbonyl (C=O) groups is 1. The number of aromatic amines is 1. The summed E-state index contributed by atoms with van der Waals surface area (Å²) in [4.78, 5) is 16.2. The van der Waals surface area contributed by atoms with Gasteiger partial charge in [0.25, 0.3) is 0 Å². The molecule has 2 aromatic rings. The summed E-state index contributed by atoms with van der Waals surface area (Å²) in [5.74, 6) is 2.78. The predicted octanol–water partition coefficient (Wildman–Crippen LogP) is 2.07. The van der Waals surface area contributed by atoms with Crippen molar-refractivity contribution in [2.75, 3.05) is 12.5 Å². The highest BCUT2D eigenvalue weighted by molar-refractivity contribution is 7.99. The topological polar surface area (TPSA) is 89.1 Å². The SMILES string of the molecule is CC(C)c1nc(SCC(=O)NCc2ccc3c(c2)OCO3)n[nH]1. The van der Waals surface area contributed by atoms with E-state index < -0.39 is 0 Å². The van der Waals surface area contributed by atoms with Crippen molar-refractivity contribution in [1.82, 2.24) is 20.5 Å². The second-order valence-electron chi connectivity index (χ2n) is 5.41. The summed E-state index contributed by atoms with van der Waals surface area (Å²) in [7, 11) is 0. The minimum absolute atomic E-state index is 0.0661. The summed E-state index contributed by atoms with van der Waals surface area (Å²) >= 11 is 1.31. The number of hydrogen-bond acceptors (Lipinski definition) is 6. The van der Waals surface area contributed by atoms with Gasteiger partial charge in [0, 0.05) is 12.5 Å². The molecule has 8 heteroatoms. The first-order valence-electron chi connectivity index (χ1n) is 7.32. The third-order valence-electron chi connectivity index (χ3n) is 3.29. The molecule has 2 heterocycles. The van der Waals surface area contributed by atoms with Gasteiger partial charge in [-0.05, 0) is 17.7 Å². The summed E-state index contributed by atoms with van der Waals surface area (Å²) in [5.41, 5.74) is 0.965. The molecule has 1 aromatic carbocycles. The molecule has 0 unspecified atom stereocenters. The Morgan fingerprint density at radius 3 is 3.00 bits per heavy atom. The van der Waals surface area contributed by atoms with Crippen LogP contribution in [0.3, 0.4) is 0 Å². The van der Waals surface area contributed by atoms with E-state index in [1.807, 2.05) is 32.0 Å². The van der Waals surface area contributed by atoms with Crippen molar-refractivity contribution >= 4 is 17.7 Å². The van der Waals surface area contributed by atoms with Gasteiger partial charge in [0.15, 0.2) is 11.5 Å². The Morgan fingerprint density at radius 2 is 2.22 bits per heavy atom. The smallest absolute Gasteiger partial charge is 0.231 e. The molecular formula is C15H18N4O3S. The number of fused-ring (bicyclic) bond motifs is 1. The van der Waals surface area contributed by atoms with Crippen LogP contribution in [0.4, 0.5) is 0 Å². The van der Waals surface area contributed by atoms with Crippen LogP contribution in [0.1, 0.15) is 31.2 Å². The molecule has 0 bridgehead atoms. The first-order valence-corrected chi connectivity index (χ1v) is 8.30. The van der Waals surface area contributed by atoms with E-state index in [4.69, 9.17) is 9.47 Å². The van der Waals surface area contributed by atoms with Crippen LogP contribution in [0.5, 0.6) is 11.5 Å². The third kappa shape index (κ3) is 3.95. The Kier molecular flexibility index (Phi) is 4.71. The van der Waals surface area contributed by atoms with Gasteiger partial charge in [0.2, 0.25) is 17.9 Å². The standard InChI is InChI=1S/C15H18N4O3S/c1-9(2)14-17-15(19-18-14)23-7-13(20)16-6-10-3-4-11-12(5-10)22-8-21-11/h3-5,9H,6-8H2,1-2H3,(H,16,20)(H,17,18,19). The Balaban J connectivity index is 1.46. The third-order valence-corrected chi connectivity index (χ3v) is 4.14. The number of amides is 1. The first kappa shape index (κ1) is 15.7. The van der Waals surface area contributed by atoms with E-state index in [1.54, 1.807) is 0 Å². The average Bonchev–Trinajstić information content (AvgIpc) is 3.19. The molecule has 0 spiro atoms. The number of thioether (sulfide) groups is 1. The molecule has 1 aliphatic heterocycles. The van der Waals surface area contributed by atoms with Gasteiger partial charge in [0.05, 0.1) is 5.75 Å². The van der Waals surface area contributed by atoms with E-state index >= 15 is 0 Å². The van der Waals surface area contributed by atoms with E-state index in [2.05, 4.69) is 20.5 Å². The number of hydrogen-bond donors (Lipinski definition) is 2. The summed E-state index contributed by atoms with van der Waals surface area (Å²) in [6, 6.07) is 5.63. The monoisotopic (exact) mass is 334 g/mol. The molecule has 7 nitrogen and oxygen atoms in total. The zero-order chi connectivity index (χ0) is 16.2. The lowest BCUT2D eigenvalue weighted by Gasteiger charge is -2.05. The number of carbonyl (C=O) groups excluding carboxylic acids is 1. The highest BCUT2D eigenvalue weighted by atomic mass is 32.2. The van der Waals surface area contributed by atoms with E-state index in [0.717, 1.165) is 17.1 Å². The van der Waals surface area contributed by atoms with Gasteiger partial charge >= 0.3 is 0 Å². The highest BCUT2D eigenvalue weighted by Crippen LogP contribution is 2.32. The lowest BCUT2D eigenvalue weighted by atomic mass is 10.2. The largest absolute Gasteiger partial charge is 0.454 e. The molecule has 2 N–H and O–H groups in total. The fourth-order valence-electron chi connectivity index (χ4n) is 2.01. The minimum Gasteiger partial charge on any atom is -0.454 e. The van der Waals surface area contributed by atoms with Gasteiger partial charge in [-0.1, -0.05) is 31.7 Å². The molecule has 0 saturated carbocycles. The predicted molar refractivity (Wildman–Crippen MR) is 85.6 cm³/mol. The maximum atomic E-state index is 11.9. The molecular weight excluding hydrogens is 316 g/mol. The molecule has 0 atom stereocenters. The van der Waals surface area contributed by atoms with Crippen molar-refractivity contribution in [1.29, 1.82) is 0 Å². The van der Waals surface area contributed by atoms with E-state index in [-0.39, 0.29) is 24.4 Å². The molecule has 0 fully saturated rings. The molecule has 23 heavy (non-hydrogen) atoms. The highest BCUT2D eigenvalue weighted by Gasteiger charge is 2.14. The number of rotatable bonds is 6. The van der Waals surface area contributed by atoms with Gasteiger partial charge in [-0.25, -0.2) is 4.98 Å². The van der Waals surface area contributed by atoms with Crippen LogP contribution in [0.2, 0.25) is 0 Å². The van der Waals surface area contributed by atoms with Gasteiger partial charge in [-0.3, -0.25) is 9.89 Å². The van der Waals surface area contributed by atoms with E-state index in [0.29, 0.717) is 17.5 Å². The number of aromatic nitrogens is 3. The van der Waals surface area contributed by atoms with Crippen LogP contribution in [0.25, 0.3) is 0 Å². The van der Waals surface area contributed by atoms with Crippen molar-refractivity contribution in [2.24, 2.45) is 0 Å². The van der Waals surface area contributed by atoms with Crippen LogP contribution < -0.4 is 14.8 Å². The van der Waals surface area contributed by atoms with E-state index in [1.165, 1.54) is 11.8 Å². The summed E-state index contributed by atoms with van der Waals surface area (Å²) in [6.45, 7) is 4.76. The van der Waals surface area contributed by atoms with Crippen LogP contribution in [0, 0.1) is 0 Å². The van der Waals surface area contributed by atoms with Crippen LogP contribution in [-0.4, -0.2) is 33.6 Å². The first-order chi connectivity index (χ1) is 11.1. The number of nitrogens with zero attached hydrogens (tertiary/aromatic N) is 2. The van der Waals surface area contributed by atoms with Gasteiger partial charge in [-0.2, -0.15) is 0 Å². The number of benzene rings is 1. The minimum atomic E-state index is -0.0661. The molecule has 0 aliphatic carbocycles. The number of ether oxygens (including phenoxy) is 2. The second-order valence-corrected chi connectivity index (χ2v) is 6.35. The van der Waals surface area contributed by atoms with Crippen LogP contribution in [-0.2, 0) is 11.3 Å². The quantitative estimate of drug-likeness (QED) is 0.786. The summed E-state index contributed by atoms with van der Waals surface area (Å²) in [6.07, 6.45) is 0. The maximum absolute atomic E-state index is 11.9. The molecule has 1 aromatic heterocycles. The average molecular weight is 334 g/mol. The molecule has 122 valence electrons. The molecule has 0 radical (unpaired) electrons. The van der Waals surface area contributed by atoms with Gasteiger partial charge < -0.3 is 14.8 Å². The van der Waals surface area contributed by atoms with Crippen LogP contribution in [0.15, 0.2) is 23.4 Å². The second kappa shape index (κ2) is 6.91.